The molecule has 1 atom stereocenters. The summed E-state index contributed by atoms with van der Waals surface area (Å²) in [6.45, 7) is 6.22. The number of likely N-dealkylation sites (tertiary alicyclic amines) is 1. The average molecular weight is 344 g/mol. The maximum Gasteiger partial charge on any atom is 0.291 e. The lowest BCUT2D eigenvalue weighted by Gasteiger charge is -2.26. The molecule has 0 aromatic heterocycles. The molecule has 25 heavy (non-hydrogen) atoms. The number of aryl methyl sites for hydroxylation is 1. The van der Waals surface area contributed by atoms with Crippen LogP contribution in [0.25, 0.3) is 0 Å². The molecule has 5 heteroatoms. The van der Waals surface area contributed by atoms with E-state index in [1.54, 1.807) is 20.8 Å². The van der Waals surface area contributed by atoms with Crippen molar-refractivity contribution in [2.75, 3.05) is 13.1 Å². The summed E-state index contributed by atoms with van der Waals surface area (Å²) in [5.74, 6) is -1.12. The van der Waals surface area contributed by atoms with Crippen LogP contribution < -0.4 is 5.32 Å². The van der Waals surface area contributed by atoms with Crippen molar-refractivity contribution < 1.29 is 14.4 Å². The average Bonchev–Trinajstić information content (AvgIpc) is 3.07. The Kier molecular flexibility index (Phi) is 6.34. The Balaban J connectivity index is 1.83. The van der Waals surface area contributed by atoms with Crippen molar-refractivity contribution in [2.45, 2.75) is 52.5 Å². The van der Waals surface area contributed by atoms with Crippen LogP contribution in [-0.4, -0.2) is 41.6 Å². The van der Waals surface area contributed by atoms with Crippen molar-refractivity contribution in [1.82, 2.24) is 10.2 Å². The SMILES string of the molecule is CC(C)(C)C(=O)C(=O)N1CCC[C@H]1C(=O)NCCCc1ccccc1. The van der Waals surface area contributed by atoms with Gasteiger partial charge in [0.15, 0.2) is 0 Å². The highest BCUT2D eigenvalue weighted by molar-refractivity contribution is 6.38. The molecule has 1 aliphatic rings. The van der Waals surface area contributed by atoms with Gasteiger partial charge in [0.1, 0.15) is 6.04 Å². The van der Waals surface area contributed by atoms with Crippen LogP contribution >= 0.6 is 0 Å². The summed E-state index contributed by atoms with van der Waals surface area (Å²) in [5.41, 5.74) is 0.515. The Morgan fingerprint density at radius 2 is 1.84 bits per heavy atom. The van der Waals surface area contributed by atoms with E-state index in [4.69, 9.17) is 0 Å². The van der Waals surface area contributed by atoms with E-state index in [9.17, 15) is 14.4 Å². The molecule has 5 nitrogen and oxygen atoms in total. The number of rotatable bonds is 6. The van der Waals surface area contributed by atoms with Gasteiger partial charge in [0.25, 0.3) is 5.91 Å². The number of nitrogens with one attached hydrogen (secondary N) is 1. The maximum atomic E-state index is 12.4. The predicted octanol–water partition coefficient (Wildman–Crippen LogP) is 2.34. The normalized spacial score (nSPS) is 17.4. The standard InChI is InChI=1S/C20H28N2O3/c1-20(2,3)17(23)19(25)22-14-8-12-16(22)18(24)21-13-7-11-15-9-5-4-6-10-15/h4-6,9-10,16H,7-8,11-14H2,1-3H3,(H,21,24)/t16-/m0/s1. The highest BCUT2D eigenvalue weighted by Crippen LogP contribution is 2.22. The molecule has 0 unspecified atom stereocenters. The predicted molar refractivity (Wildman–Crippen MR) is 97.0 cm³/mol. The van der Waals surface area contributed by atoms with Crippen LogP contribution in [0, 0.1) is 5.41 Å². The fourth-order valence-corrected chi connectivity index (χ4v) is 3.00. The molecule has 2 rings (SSSR count). The Labute approximate surface area is 149 Å². The summed E-state index contributed by atoms with van der Waals surface area (Å²) < 4.78 is 0. The highest BCUT2D eigenvalue weighted by atomic mass is 16.2. The Morgan fingerprint density at radius 3 is 2.48 bits per heavy atom. The lowest BCUT2D eigenvalue weighted by Crippen LogP contribution is -2.50. The molecule has 1 aliphatic heterocycles. The Hall–Kier alpha value is -2.17. The molecule has 0 spiro atoms. The molecule has 136 valence electrons. The first kappa shape index (κ1) is 19.2. The zero-order chi connectivity index (χ0) is 18.4. The van der Waals surface area contributed by atoms with Gasteiger partial charge in [-0.25, -0.2) is 0 Å². The molecule has 1 saturated heterocycles. The van der Waals surface area contributed by atoms with Gasteiger partial charge in [0.2, 0.25) is 11.7 Å². The fourth-order valence-electron chi connectivity index (χ4n) is 3.00. The van der Waals surface area contributed by atoms with Crippen LogP contribution in [0.3, 0.4) is 0 Å². The van der Waals surface area contributed by atoms with Crippen LogP contribution in [0.2, 0.25) is 0 Å². The summed E-state index contributed by atoms with van der Waals surface area (Å²) >= 11 is 0. The Bertz CT molecular complexity index is 620. The van der Waals surface area contributed by atoms with Gasteiger partial charge in [0, 0.05) is 18.5 Å². The summed E-state index contributed by atoms with van der Waals surface area (Å²) in [6.07, 6.45) is 3.12. The third-order valence-electron chi connectivity index (χ3n) is 4.48. The molecule has 0 radical (unpaired) electrons. The molecule has 1 N–H and O–H groups in total. The zero-order valence-electron chi connectivity index (χ0n) is 15.4. The largest absolute Gasteiger partial charge is 0.354 e. The lowest BCUT2D eigenvalue weighted by atomic mass is 9.90. The molecule has 0 bridgehead atoms. The second-order valence-corrected chi connectivity index (χ2v) is 7.62. The number of Topliss-reactive ketones (excluding diaryl/α,β-unsaturated/α-hetero) is 1. The van der Waals surface area contributed by atoms with E-state index in [0.717, 1.165) is 19.3 Å². The molecule has 1 aromatic carbocycles. The number of carbonyl (C=O) groups is 3. The summed E-state index contributed by atoms with van der Waals surface area (Å²) in [6, 6.07) is 9.60. The van der Waals surface area contributed by atoms with Gasteiger partial charge in [-0.2, -0.15) is 0 Å². The summed E-state index contributed by atoms with van der Waals surface area (Å²) in [5, 5.41) is 2.91. The van der Waals surface area contributed by atoms with Gasteiger partial charge in [-0.3, -0.25) is 14.4 Å². The number of hydrogen-bond donors (Lipinski definition) is 1. The summed E-state index contributed by atoms with van der Waals surface area (Å²) in [4.78, 5) is 38.5. The molecular formula is C20H28N2O3. The number of ketones is 1. The van der Waals surface area contributed by atoms with E-state index < -0.39 is 23.1 Å². The topological polar surface area (TPSA) is 66.5 Å². The molecule has 0 saturated carbocycles. The van der Waals surface area contributed by atoms with Crippen molar-refractivity contribution in [1.29, 1.82) is 0 Å². The van der Waals surface area contributed by atoms with E-state index in [-0.39, 0.29) is 5.91 Å². The molecule has 1 heterocycles. The molecule has 2 amide bonds. The third-order valence-corrected chi connectivity index (χ3v) is 4.48. The van der Waals surface area contributed by atoms with E-state index in [1.165, 1.54) is 10.5 Å². The quantitative estimate of drug-likeness (QED) is 0.636. The minimum atomic E-state index is -0.726. The van der Waals surface area contributed by atoms with E-state index in [2.05, 4.69) is 17.4 Å². The van der Waals surface area contributed by atoms with Crippen LogP contribution in [0.5, 0.6) is 0 Å². The number of benzene rings is 1. The van der Waals surface area contributed by atoms with Crippen molar-refractivity contribution >= 4 is 17.6 Å². The number of carbonyl (C=O) groups excluding carboxylic acids is 3. The van der Waals surface area contributed by atoms with Gasteiger partial charge in [0.05, 0.1) is 0 Å². The molecule has 1 aromatic rings. The fraction of sp³-hybridized carbons (Fsp3) is 0.550. The molecule has 1 fully saturated rings. The zero-order valence-corrected chi connectivity index (χ0v) is 15.4. The van der Waals surface area contributed by atoms with Crippen LogP contribution in [0.15, 0.2) is 30.3 Å². The second kappa shape index (κ2) is 8.28. The van der Waals surface area contributed by atoms with Crippen LogP contribution in [0.4, 0.5) is 0 Å². The van der Waals surface area contributed by atoms with Crippen LogP contribution in [0.1, 0.15) is 45.6 Å². The smallest absolute Gasteiger partial charge is 0.291 e. The number of nitrogens with zero attached hydrogens (tertiary/aromatic N) is 1. The number of hydrogen-bond acceptors (Lipinski definition) is 3. The second-order valence-electron chi connectivity index (χ2n) is 7.62. The van der Waals surface area contributed by atoms with Gasteiger partial charge < -0.3 is 10.2 Å². The minimum absolute atomic E-state index is 0.152. The van der Waals surface area contributed by atoms with E-state index >= 15 is 0 Å². The van der Waals surface area contributed by atoms with E-state index in [1.807, 2.05) is 18.2 Å². The maximum absolute atomic E-state index is 12.4. The number of amides is 2. The first-order valence-corrected chi connectivity index (χ1v) is 8.98. The first-order valence-electron chi connectivity index (χ1n) is 8.98. The van der Waals surface area contributed by atoms with Crippen molar-refractivity contribution in [3.8, 4) is 0 Å². The monoisotopic (exact) mass is 344 g/mol. The Morgan fingerprint density at radius 1 is 1.16 bits per heavy atom. The molecular weight excluding hydrogens is 316 g/mol. The minimum Gasteiger partial charge on any atom is -0.354 e. The first-order chi connectivity index (χ1) is 11.8. The van der Waals surface area contributed by atoms with Gasteiger partial charge in [-0.05, 0) is 31.2 Å². The van der Waals surface area contributed by atoms with Crippen molar-refractivity contribution in [3.05, 3.63) is 35.9 Å². The van der Waals surface area contributed by atoms with Crippen LogP contribution in [-0.2, 0) is 20.8 Å². The lowest BCUT2D eigenvalue weighted by molar-refractivity contribution is -0.150. The van der Waals surface area contributed by atoms with Crippen molar-refractivity contribution in [2.24, 2.45) is 5.41 Å². The van der Waals surface area contributed by atoms with Gasteiger partial charge >= 0.3 is 0 Å². The highest BCUT2D eigenvalue weighted by Gasteiger charge is 2.39. The van der Waals surface area contributed by atoms with E-state index in [0.29, 0.717) is 19.5 Å². The van der Waals surface area contributed by atoms with Gasteiger partial charge in [-0.15, -0.1) is 0 Å². The van der Waals surface area contributed by atoms with Gasteiger partial charge in [-0.1, -0.05) is 51.1 Å². The van der Waals surface area contributed by atoms with Crippen molar-refractivity contribution in [3.63, 3.8) is 0 Å². The molecule has 0 aliphatic carbocycles. The third kappa shape index (κ3) is 5.15. The summed E-state index contributed by atoms with van der Waals surface area (Å²) in [7, 11) is 0.